The lowest BCUT2D eigenvalue weighted by Crippen LogP contribution is -2.08. The smallest absolute Gasteiger partial charge is 0.218 e. The van der Waals surface area contributed by atoms with Crippen molar-refractivity contribution in [3.8, 4) is 5.88 Å². The van der Waals surface area contributed by atoms with Gasteiger partial charge in [0.15, 0.2) is 0 Å². The number of hydrogen-bond donors (Lipinski definition) is 1. The molecule has 0 aliphatic rings. The molecule has 88 valence electrons. The highest BCUT2D eigenvalue weighted by Gasteiger charge is 2.03. The fourth-order valence-electron chi connectivity index (χ4n) is 1.13. The Balaban J connectivity index is 2.69. The van der Waals surface area contributed by atoms with E-state index in [4.69, 9.17) is 4.74 Å². The van der Waals surface area contributed by atoms with Crippen molar-refractivity contribution in [1.82, 2.24) is 9.97 Å². The van der Waals surface area contributed by atoms with Gasteiger partial charge in [-0.25, -0.2) is 4.98 Å². The van der Waals surface area contributed by atoms with Crippen LogP contribution < -0.4 is 10.1 Å². The summed E-state index contributed by atoms with van der Waals surface area (Å²) in [5.74, 6) is 2.58. The van der Waals surface area contributed by atoms with Crippen molar-refractivity contribution in [3.63, 3.8) is 0 Å². The molecule has 0 fully saturated rings. The maximum absolute atomic E-state index is 5.55. The van der Waals surface area contributed by atoms with Crippen LogP contribution in [-0.2, 0) is 0 Å². The molecule has 0 spiro atoms. The maximum atomic E-state index is 5.55. The molecule has 0 aromatic carbocycles. The Morgan fingerprint density at radius 1 is 1.50 bits per heavy atom. The zero-order valence-corrected chi connectivity index (χ0v) is 10.2. The lowest BCUT2D eigenvalue weighted by Gasteiger charge is -2.10. The summed E-state index contributed by atoms with van der Waals surface area (Å²) >= 11 is 0. The van der Waals surface area contributed by atoms with Gasteiger partial charge in [0.05, 0.1) is 6.61 Å². The van der Waals surface area contributed by atoms with Crippen LogP contribution in [0.25, 0.3) is 0 Å². The van der Waals surface area contributed by atoms with Gasteiger partial charge in [0.1, 0.15) is 11.6 Å². The number of nitrogens with one attached hydrogen (secondary N) is 1. The van der Waals surface area contributed by atoms with Crippen molar-refractivity contribution >= 4 is 5.82 Å². The minimum absolute atomic E-state index is 0.486. The van der Waals surface area contributed by atoms with Gasteiger partial charge in [0.25, 0.3) is 0 Å². The number of hydrogen-bond acceptors (Lipinski definition) is 4. The van der Waals surface area contributed by atoms with Crippen molar-refractivity contribution in [1.29, 1.82) is 0 Å². The van der Waals surface area contributed by atoms with Gasteiger partial charge in [-0.1, -0.05) is 19.9 Å². The Morgan fingerprint density at radius 3 is 2.88 bits per heavy atom. The molecule has 1 aromatic rings. The third kappa shape index (κ3) is 4.29. The SMILES string of the molecule is C=CCNc1cc(OCC(C)C)nc(C)n1. The van der Waals surface area contributed by atoms with Crippen LogP contribution in [0.4, 0.5) is 5.82 Å². The third-order valence-electron chi connectivity index (χ3n) is 1.81. The molecule has 16 heavy (non-hydrogen) atoms. The molecule has 4 nitrogen and oxygen atoms in total. The largest absolute Gasteiger partial charge is 0.477 e. The zero-order valence-electron chi connectivity index (χ0n) is 10.2. The van der Waals surface area contributed by atoms with Gasteiger partial charge in [0, 0.05) is 12.6 Å². The molecule has 1 rings (SSSR count). The van der Waals surface area contributed by atoms with Gasteiger partial charge >= 0.3 is 0 Å². The van der Waals surface area contributed by atoms with E-state index < -0.39 is 0 Å². The first kappa shape index (κ1) is 12.5. The molecule has 0 aliphatic carbocycles. The Bertz CT molecular complexity index is 350. The Hall–Kier alpha value is -1.58. The fourth-order valence-corrected chi connectivity index (χ4v) is 1.13. The molecule has 1 heterocycles. The molecular weight excluding hydrogens is 202 g/mol. The quantitative estimate of drug-likeness (QED) is 0.749. The predicted molar refractivity (Wildman–Crippen MR) is 65.8 cm³/mol. The van der Waals surface area contributed by atoms with Gasteiger partial charge in [-0.3, -0.25) is 0 Å². The molecule has 0 amide bonds. The second-order valence-corrected chi connectivity index (χ2v) is 4.01. The van der Waals surface area contributed by atoms with Gasteiger partial charge in [-0.05, 0) is 12.8 Å². The first-order chi connectivity index (χ1) is 7.61. The summed E-state index contributed by atoms with van der Waals surface area (Å²) < 4.78 is 5.55. The van der Waals surface area contributed by atoms with Gasteiger partial charge in [-0.2, -0.15) is 4.98 Å². The number of nitrogens with zero attached hydrogens (tertiary/aromatic N) is 2. The van der Waals surface area contributed by atoms with Crippen molar-refractivity contribution in [2.24, 2.45) is 5.92 Å². The summed E-state index contributed by atoms with van der Waals surface area (Å²) in [4.78, 5) is 8.46. The fraction of sp³-hybridized carbons (Fsp3) is 0.500. The predicted octanol–water partition coefficient (Wildman–Crippen LogP) is 2.42. The monoisotopic (exact) mass is 221 g/mol. The number of aromatic nitrogens is 2. The summed E-state index contributed by atoms with van der Waals surface area (Å²) in [7, 11) is 0. The summed E-state index contributed by atoms with van der Waals surface area (Å²) in [5.41, 5.74) is 0. The van der Waals surface area contributed by atoms with Crippen molar-refractivity contribution in [3.05, 3.63) is 24.5 Å². The van der Waals surface area contributed by atoms with E-state index in [-0.39, 0.29) is 0 Å². The zero-order chi connectivity index (χ0) is 12.0. The third-order valence-corrected chi connectivity index (χ3v) is 1.81. The number of aryl methyl sites for hydroxylation is 1. The standard InChI is InChI=1S/C12H19N3O/c1-5-6-13-11-7-12(15-10(4)14-11)16-8-9(2)3/h5,7,9H,1,6,8H2,2-4H3,(H,13,14,15). The van der Waals surface area contributed by atoms with E-state index in [0.29, 0.717) is 30.8 Å². The molecule has 4 heteroatoms. The average molecular weight is 221 g/mol. The molecule has 0 aliphatic heterocycles. The van der Waals surface area contributed by atoms with E-state index in [0.717, 1.165) is 5.82 Å². The molecule has 1 aromatic heterocycles. The van der Waals surface area contributed by atoms with Gasteiger partial charge in [-0.15, -0.1) is 6.58 Å². The van der Waals surface area contributed by atoms with Crippen LogP contribution in [0.3, 0.4) is 0 Å². The van der Waals surface area contributed by atoms with E-state index in [9.17, 15) is 0 Å². The average Bonchev–Trinajstić information content (AvgIpc) is 2.23. The van der Waals surface area contributed by atoms with Crippen LogP contribution in [0, 0.1) is 12.8 Å². The van der Waals surface area contributed by atoms with Crippen molar-refractivity contribution < 1.29 is 4.74 Å². The van der Waals surface area contributed by atoms with Gasteiger partial charge in [0.2, 0.25) is 5.88 Å². The summed E-state index contributed by atoms with van der Waals surface area (Å²) in [5, 5.41) is 3.11. The first-order valence-electron chi connectivity index (χ1n) is 5.45. The highest BCUT2D eigenvalue weighted by molar-refractivity contribution is 5.38. The molecule has 0 saturated carbocycles. The molecule has 0 unspecified atom stereocenters. The second kappa shape index (κ2) is 6.10. The van der Waals surface area contributed by atoms with Crippen LogP contribution in [0.2, 0.25) is 0 Å². The summed E-state index contributed by atoms with van der Waals surface area (Å²) in [6, 6.07) is 1.80. The van der Waals surface area contributed by atoms with E-state index in [1.54, 1.807) is 12.1 Å². The lowest BCUT2D eigenvalue weighted by molar-refractivity contribution is 0.260. The Kier molecular flexibility index (Phi) is 4.76. The molecule has 0 bridgehead atoms. The minimum atomic E-state index is 0.486. The van der Waals surface area contributed by atoms with E-state index in [2.05, 4.69) is 35.7 Å². The number of rotatable bonds is 6. The summed E-state index contributed by atoms with van der Waals surface area (Å²) in [6.07, 6.45) is 1.78. The van der Waals surface area contributed by atoms with Crippen LogP contribution in [0.5, 0.6) is 5.88 Å². The number of ether oxygens (including phenoxy) is 1. The first-order valence-corrected chi connectivity index (χ1v) is 5.45. The van der Waals surface area contributed by atoms with Crippen LogP contribution in [0.1, 0.15) is 19.7 Å². The normalized spacial score (nSPS) is 10.2. The van der Waals surface area contributed by atoms with Crippen LogP contribution >= 0.6 is 0 Å². The molecule has 0 radical (unpaired) electrons. The highest BCUT2D eigenvalue weighted by atomic mass is 16.5. The van der Waals surface area contributed by atoms with Crippen LogP contribution in [-0.4, -0.2) is 23.1 Å². The van der Waals surface area contributed by atoms with E-state index >= 15 is 0 Å². The van der Waals surface area contributed by atoms with E-state index in [1.807, 2.05) is 6.92 Å². The Labute approximate surface area is 96.8 Å². The number of anilines is 1. The highest BCUT2D eigenvalue weighted by Crippen LogP contribution is 2.13. The lowest BCUT2D eigenvalue weighted by atomic mass is 10.2. The minimum Gasteiger partial charge on any atom is -0.477 e. The second-order valence-electron chi connectivity index (χ2n) is 4.01. The topological polar surface area (TPSA) is 47.0 Å². The molecular formula is C12H19N3O. The van der Waals surface area contributed by atoms with Gasteiger partial charge < -0.3 is 10.1 Å². The van der Waals surface area contributed by atoms with Crippen LogP contribution in [0.15, 0.2) is 18.7 Å². The summed E-state index contributed by atoms with van der Waals surface area (Å²) in [6.45, 7) is 11.0. The van der Waals surface area contributed by atoms with Crippen molar-refractivity contribution in [2.45, 2.75) is 20.8 Å². The molecule has 1 N–H and O–H groups in total. The van der Waals surface area contributed by atoms with Crippen molar-refractivity contribution in [2.75, 3.05) is 18.5 Å². The molecule has 0 saturated heterocycles. The maximum Gasteiger partial charge on any atom is 0.218 e. The van der Waals surface area contributed by atoms with E-state index in [1.165, 1.54) is 0 Å². The molecule has 0 atom stereocenters. The Morgan fingerprint density at radius 2 is 2.25 bits per heavy atom.